The van der Waals surface area contributed by atoms with Crippen LogP contribution in [0.1, 0.15) is 47.4 Å². The van der Waals surface area contributed by atoms with Gasteiger partial charge in [0.15, 0.2) is 15.5 Å². The fraction of sp³-hybridized carbons (Fsp3) is 0.292. The van der Waals surface area contributed by atoms with Gasteiger partial charge in [-0.25, -0.2) is 13.4 Å². The van der Waals surface area contributed by atoms with Gasteiger partial charge < -0.3 is 5.32 Å². The zero-order valence-corrected chi connectivity index (χ0v) is 19.4. The molecule has 1 unspecified atom stereocenters. The average Bonchev–Trinajstić information content (AvgIpc) is 3.24. The highest BCUT2D eigenvalue weighted by Crippen LogP contribution is 2.42. The molecule has 0 spiro atoms. The third-order valence-corrected chi connectivity index (χ3v) is 9.07. The van der Waals surface area contributed by atoms with Gasteiger partial charge in [0.05, 0.1) is 27.8 Å². The first-order valence-corrected chi connectivity index (χ1v) is 13.7. The van der Waals surface area contributed by atoms with E-state index in [1.807, 2.05) is 48.5 Å². The lowest BCUT2D eigenvalue weighted by molar-refractivity contribution is 0.102. The lowest BCUT2D eigenvalue weighted by Gasteiger charge is -2.12. The largest absolute Gasteiger partial charge is 0.321 e. The van der Waals surface area contributed by atoms with Crippen LogP contribution in [-0.2, 0) is 9.84 Å². The number of carbonyl (C=O) groups is 1. The number of rotatable bonds is 5. The van der Waals surface area contributed by atoms with E-state index in [1.54, 1.807) is 16.0 Å². The van der Waals surface area contributed by atoms with Gasteiger partial charge in [0.2, 0.25) is 0 Å². The minimum absolute atomic E-state index is 0.0999. The number of nitrogens with zero attached hydrogens (tertiary/aromatic N) is 3. The van der Waals surface area contributed by atoms with Gasteiger partial charge in [-0.1, -0.05) is 12.1 Å². The second kappa shape index (κ2) is 7.78. The van der Waals surface area contributed by atoms with Crippen LogP contribution in [-0.4, -0.2) is 40.6 Å². The van der Waals surface area contributed by atoms with Gasteiger partial charge in [-0.15, -0.1) is 11.3 Å². The monoisotopic (exact) mass is 478 g/mol. The van der Waals surface area contributed by atoms with E-state index in [1.165, 1.54) is 0 Å². The number of benzene rings is 2. The number of para-hydroxylation sites is 1. The van der Waals surface area contributed by atoms with E-state index in [0.29, 0.717) is 23.7 Å². The SMILES string of the molecule is O=C(Nc1ccc(-c2nc3ccccc3s2)cc1)c1cc(C2CC2)n(C2CCS(=O)(=O)C2)n1. The highest BCUT2D eigenvalue weighted by Gasteiger charge is 2.36. The second-order valence-electron chi connectivity index (χ2n) is 8.75. The Hall–Kier alpha value is -3.04. The lowest BCUT2D eigenvalue weighted by atomic mass is 10.2. The predicted molar refractivity (Wildman–Crippen MR) is 130 cm³/mol. The Kier molecular flexibility index (Phi) is 4.84. The van der Waals surface area contributed by atoms with Crippen LogP contribution >= 0.6 is 11.3 Å². The van der Waals surface area contributed by atoms with E-state index >= 15 is 0 Å². The molecule has 168 valence electrons. The highest BCUT2D eigenvalue weighted by atomic mass is 32.2. The number of fused-ring (bicyclic) bond motifs is 1. The summed E-state index contributed by atoms with van der Waals surface area (Å²) in [5.74, 6) is 0.368. The van der Waals surface area contributed by atoms with Gasteiger partial charge in [0, 0.05) is 22.9 Å². The fourth-order valence-electron chi connectivity index (χ4n) is 4.35. The zero-order chi connectivity index (χ0) is 22.6. The molecule has 3 heterocycles. The summed E-state index contributed by atoms with van der Waals surface area (Å²) >= 11 is 1.64. The van der Waals surface area contributed by atoms with E-state index in [-0.39, 0.29) is 23.5 Å². The number of sulfone groups is 1. The second-order valence-corrected chi connectivity index (χ2v) is 12.0. The average molecular weight is 479 g/mol. The molecule has 7 nitrogen and oxygen atoms in total. The van der Waals surface area contributed by atoms with Crippen molar-refractivity contribution >= 4 is 43.0 Å². The first-order valence-electron chi connectivity index (χ1n) is 11.0. The van der Waals surface area contributed by atoms with Crippen molar-refractivity contribution in [1.82, 2.24) is 14.8 Å². The Labute approximate surface area is 195 Å². The third kappa shape index (κ3) is 4.06. The summed E-state index contributed by atoms with van der Waals surface area (Å²) in [6.45, 7) is 0. The van der Waals surface area contributed by atoms with Crippen LogP contribution in [0.3, 0.4) is 0 Å². The molecule has 0 radical (unpaired) electrons. The van der Waals surface area contributed by atoms with Crippen LogP contribution in [0.2, 0.25) is 0 Å². The lowest BCUT2D eigenvalue weighted by Crippen LogP contribution is -2.17. The summed E-state index contributed by atoms with van der Waals surface area (Å²) < 4.78 is 26.8. The molecule has 1 saturated heterocycles. The summed E-state index contributed by atoms with van der Waals surface area (Å²) in [6, 6.07) is 17.3. The van der Waals surface area contributed by atoms with Crippen LogP contribution in [0.25, 0.3) is 20.8 Å². The Bertz CT molecular complexity index is 1430. The minimum Gasteiger partial charge on any atom is -0.321 e. The van der Waals surface area contributed by atoms with Gasteiger partial charge in [0.25, 0.3) is 5.91 Å². The molecule has 2 fully saturated rings. The quantitative estimate of drug-likeness (QED) is 0.451. The summed E-state index contributed by atoms with van der Waals surface area (Å²) in [4.78, 5) is 17.6. The normalized spacial score (nSPS) is 19.7. The van der Waals surface area contributed by atoms with E-state index in [2.05, 4.69) is 21.5 Å². The molecule has 1 amide bonds. The van der Waals surface area contributed by atoms with Crippen molar-refractivity contribution in [3.8, 4) is 10.6 Å². The van der Waals surface area contributed by atoms with Crippen LogP contribution in [0.4, 0.5) is 5.69 Å². The summed E-state index contributed by atoms with van der Waals surface area (Å²) in [5, 5.41) is 8.39. The molecule has 2 aliphatic rings. The zero-order valence-electron chi connectivity index (χ0n) is 17.8. The molecule has 33 heavy (non-hydrogen) atoms. The Balaban J connectivity index is 1.21. The Morgan fingerprint density at radius 2 is 1.85 bits per heavy atom. The first-order chi connectivity index (χ1) is 15.9. The molecule has 0 bridgehead atoms. The molecular weight excluding hydrogens is 456 g/mol. The molecule has 1 aliphatic heterocycles. The molecule has 1 N–H and O–H groups in total. The molecule has 9 heteroatoms. The molecule has 1 atom stereocenters. The number of hydrogen-bond donors (Lipinski definition) is 1. The third-order valence-electron chi connectivity index (χ3n) is 6.23. The molecule has 2 aromatic heterocycles. The number of aromatic nitrogens is 3. The summed E-state index contributed by atoms with van der Waals surface area (Å²) in [7, 11) is -3.03. The van der Waals surface area contributed by atoms with Gasteiger partial charge in [-0.2, -0.15) is 5.10 Å². The van der Waals surface area contributed by atoms with Crippen molar-refractivity contribution < 1.29 is 13.2 Å². The van der Waals surface area contributed by atoms with Gasteiger partial charge in [0.1, 0.15) is 5.01 Å². The van der Waals surface area contributed by atoms with E-state index in [4.69, 9.17) is 0 Å². The number of thiazole rings is 1. The molecule has 1 saturated carbocycles. The Morgan fingerprint density at radius 3 is 2.55 bits per heavy atom. The van der Waals surface area contributed by atoms with E-state index < -0.39 is 9.84 Å². The number of nitrogens with one attached hydrogen (secondary N) is 1. The maximum Gasteiger partial charge on any atom is 0.276 e. The van der Waals surface area contributed by atoms with Crippen molar-refractivity contribution in [2.24, 2.45) is 0 Å². The minimum atomic E-state index is -3.03. The maximum atomic E-state index is 12.9. The summed E-state index contributed by atoms with van der Waals surface area (Å²) in [6.07, 6.45) is 2.66. The predicted octanol–water partition coefficient (Wildman–Crippen LogP) is 4.65. The molecule has 6 rings (SSSR count). The molecule has 1 aliphatic carbocycles. The number of carbonyl (C=O) groups excluding carboxylic acids is 1. The topological polar surface area (TPSA) is 94.0 Å². The summed E-state index contributed by atoms with van der Waals surface area (Å²) in [5.41, 5.74) is 3.96. The smallest absolute Gasteiger partial charge is 0.276 e. The van der Waals surface area contributed by atoms with Crippen LogP contribution in [0.5, 0.6) is 0 Å². The number of anilines is 1. The van der Waals surface area contributed by atoms with Crippen LogP contribution in [0, 0.1) is 0 Å². The fourth-order valence-corrected chi connectivity index (χ4v) is 7.01. The van der Waals surface area contributed by atoms with Crippen LogP contribution in [0.15, 0.2) is 54.6 Å². The van der Waals surface area contributed by atoms with Gasteiger partial charge in [-0.05, 0) is 61.7 Å². The van der Waals surface area contributed by atoms with Crippen LogP contribution < -0.4 is 5.32 Å². The van der Waals surface area contributed by atoms with Crippen molar-refractivity contribution in [3.63, 3.8) is 0 Å². The Morgan fingerprint density at radius 1 is 1.06 bits per heavy atom. The van der Waals surface area contributed by atoms with E-state index in [9.17, 15) is 13.2 Å². The maximum absolute atomic E-state index is 12.9. The highest BCUT2D eigenvalue weighted by molar-refractivity contribution is 7.91. The standard InChI is InChI=1S/C24H22N4O3S2/c29-23(20-13-21(15-5-6-15)28(27-20)18-11-12-33(30,31)14-18)25-17-9-7-16(8-10-17)24-26-19-3-1-2-4-22(19)32-24/h1-4,7-10,13,15,18H,5-6,11-12,14H2,(H,25,29). The number of amides is 1. The molecular formula is C24H22N4O3S2. The van der Waals surface area contributed by atoms with Crippen molar-refractivity contribution in [3.05, 3.63) is 66.0 Å². The van der Waals surface area contributed by atoms with Gasteiger partial charge >= 0.3 is 0 Å². The molecule has 4 aromatic rings. The van der Waals surface area contributed by atoms with Crippen molar-refractivity contribution in [2.45, 2.75) is 31.2 Å². The van der Waals surface area contributed by atoms with Gasteiger partial charge in [-0.3, -0.25) is 9.48 Å². The van der Waals surface area contributed by atoms with Crippen molar-refractivity contribution in [2.75, 3.05) is 16.8 Å². The number of hydrogen-bond acceptors (Lipinski definition) is 6. The van der Waals surface area contributed by atoms with Crippen molar-refractivity contribution in [1.29, 1.82) is 0 Å². The van der Waals surface area contributed by atoms with E-state index in [0.717, 1.165) is 39.3 Å². The first kappa shape index (κ1) is 20.6. The molecule has 2 aromatic carbocycles.